The van der Waals surface area contributed by atoms with E-state index in [2.05, 4.69) is 20.6 Å². The number of nitrogens with one attached hydrogen (secondary N) is 1. The van der Waals surface area contributed by atoms with Crippen molar-refractivity contribution in [1.82, 2.24) is 15.2 Å². The Bertz CT molecular complexity index is 308. The SMILES string of the molecule is c1nc(CN2CCC(NC3CC3)C2)cs1. The number of thiazole rings is 1. The summed E-state index contributed by atoms with van der Waals surface area (Å²) in [4.78, 5) is 6.84. The summed E-state index contributed by atoms with van der Waals surface area (Å²) in [6.07, 6.45) is 4.09. The van der Waals surface area contributed by atoms with Crippen molar-refractivity contribution >= 4 is 11.3 Å². The van der Waals surface area contributed by atoms with Gasteiger partial charge in [0, 0.05) is 37.1 Å². The van der Waals surface area contributed by atoms with Crippen molar-refractivity contribution in [3.63, 3.8) is 0 Å². The molecule has 1 aliphatic heterocycles. The Hall–Kier alpha value is -0.450. The maximum atomic E-state index is 4.33. The molecule has 1 aromatic heterocycles. The van der Waals surface area contributed by atoms with Gasteiger partial charge < -0.3 is 5.32 Å². The van der Waals surface area contributed by atoms with Gasteiger partial charge in [0.2, 0.25) is 0 Å². The first kappa shape index (κ1) is 9.75. The first-order valence-corrected chi connectivity index (χ1v) is 6.70. The average molecular weight is 223 g/mol. The quantitative estimate of drug-likeness (QED) is 0.838. The summed E-state index contributed by atoms with van der Waals surface area (Å²) < 4.78 is 0. The molecule has 1 N–H and O–H groups in total. The molecule has 82 valence electrons. The normalized spacial score (nSPS) is 27.3. The lowest BCUT2D eigenvalue weighted by Gasteiger charge is -2.15. The number of likely N-dealkylation sites (tertiary alicyclic amines) is 1. The van der Waals surface area contributed by atoms with Crippen LogP contribution < -0.4 is 5.32 Å². The molecule has 15 heavy (non-hydrogen) atoms. The van der Waals surface area contributed by atoms with Crippen molar-refractivity contribution in [2.24, 2.45) is 0 Å². The molecule has 2 fully saturated rings. The molecule has 1 aliphatic carbocycles. The first-order chi connectivity index (χ1) is 7.40. The van der Waals surface area contributed by atoms with Crippen LogP contribution in [-0.2, 0) is 6.54 Å². The lowest BCUT2D eigenvalue weighted by atomic mass is 10.2. The van der Waals surface area contributed by atoms with Gasteiger partial charge in [-0.1, -0.05) is 0 Å². The van der Waals surface area contributed by atoms with Crippen LogP contribution in [0.1, 0.15) is 25.0 Å². The zero-order chi connectivity index (χ0) is 10.1. The molecule has 4 heteroatoms. The Morgan fingerprint density at radius 2 is 2.33 bits per heavy atom. The van der Waals surface area contributed by atoms with Crippen LogP contribution in [0.2, 0.25) is 0 Å². The zero-order valence-electron chi connectivity index (χ0n) is 8.85. The van der Waals surface area contributed by atoms with Crippen LogP contribution in [0.15, 0.2) is 10.9 Å². The zero-order valence-corrected chi connectivity index (χ0v) is 9.67. The summed E-state index contributed by atoms with van der Waals surface area (Å²) in [7, 11) is 0. The molecule has 2 heterocycles. The molecule has 1 saturated carbocycles. The van der Waals surface area contributed by atoms with Crippen LogP contribution in [0, 0.1) is 0 Å². The van der Waals surface area contributed by atoms with Gasteiger partial charge in [0.1, 0.15) is 0 Å². The van der Waals surface area contributed by atoms with Gasteiger partial charge in [-0.05, 0) is 19.3 Å². The number of rotatable bonds is 4. The van der Waals surface area contributed by atoms with Gasteiger partial charge in [0.25, 0.3) is 0 Å². The number of hydrogen-bond acceptors (Lipinski definition) is 4. The Morgan fingerprint density at radius 1 is 1.40 bits per heavy atom. The smallest absolute Gasteiger partial charge is 0.0795 e. The molecule has 1 aromatic rings. The molecule has 1 saturated heterocycles. The highest BCUT2D eigenvalue weighted by Gasteiger charge is 2.29. The van der Waals surface area contributed by atoms with Crippen molar-refractivity contribution in [2.75, 3.05) is 13.1 Å². The van der Waals surface area contributed by atoms with Crippen LogP contribution >= 0.6 is 11.3 Å². The van der Waals surface area contributed by atoms with Gasteiger partial charge in [0.05, 0.1) is 11.2 Å². The maximum Gasteiger partial charge on any atom is 0.0795 e. The van der Waals surface area contributed by atoms with E-state index in [0.29, 0.717) is 0 Å². The molecule has 1 atom stereocenters. The van der Waals surface area contributed by atoms with Crippen LogP contribution in [0.25, 0.3) is 0 Å². The van der Waals surface area contributed by atoms with E-state index in [0.717, 1.165) is 18.6 Å². The molecule has 0 radical (unpaired) electrons. The molecule has 2 aliphatic rings. The van der Waals surface area contributed by atoms with E-state index in [1.165, 1.54) is 38.0 Å². The summed E-state index contributed by atoms with van der Waals surface area (Å²) in [6.45, 7) is 3.46. The standard InChI is InChI=1S/C11H17N3S/c1-2-9(1)13-10-3-4-14(5-10)6-11-7-15-8-12-11/h7-10,13H,1-6H2. The van der Waals surface area contributed by atoms with E-state index in [1.54, 1.807) is 11.3 Å². The maximum absolute atomic E-state index is 4.33. The van der Waals surface area contributed by atoms with Gasteiger partial charge in [-0.3, -0.25) is 4.90 Å². The Labute approximate surface area is 94.5 Å². The van der Waals surface area contributed by atoms with Crippen LogP contribution in [0.5, 0.6) is 0 Å². The molecule has 3 rings (SSSR count). The van der Waals surface area contributed by atoms with E-state index in [-0.39, 0.29) is 0 Å². The molecule has 0 aromatic carbocycles. The summed E-state index contributed by atoms with van der Waals surface area (Å²) >= 11 is 1.69. The Kier molecular flexibility index (Phi) is 2.73. The third kappa shape index (κ3) is 2.56. The molecule has 3 nitrogen and oxygen atoms in total. The topological polar surface area (TPSA) is 28.2 Å². The number of hydrogen-bond donors (Lipinski definition) is 1. The lowest BCUT2D eigenvalue weighted by Crippen LogP contribution is -2.33. The Balaban J connectivity index is 1.48. The van der Waals surface area contributed by atoms with Gasteiger partial charge in [-0.2, -0.15) is 0 Å². The molecule has 0 bridgehead atoms. The van der Waals surface area contributed by atoms with E-state index in [9.17, 15) is 0 Å². The summed E-state index contributed by atoms with van der Waals surface area (Å²) in [5, 5.41) is 5.86. The van der Waals surface area contributed by atoms with Crippen LogP contribution in [0.4, 0.5) is 0 Å². The molecule has 1 unspecified atom stereocenters. The minimum atomic E-state index is 0.733. The monoisotopic (exact) mass is 223 g/mol. The van der Waals surface area contributed by atoms with Crippen LogP contribution in [0.3, 0.4) is 0 Å². The van der Waals surface area contributed by atoms with Crippen molar-refractivity contribution < 1.29 is 0 Å². The minimum Gasteiger partial charge on any atom is -0.310 e. The second-order valence-corrected chi connectivity index (χ2v) is 5.36. The second-order valence-electron chi connectivity index (χ2n) is 4.64. The summed E-state index contributed by atoms with van der Waals surface area (Å²) in [5.41, 5.74) is 3.15. The van der Waals surface area contributed by atoms with Gasteiger partial charge in [-0.15, -0.1) is 11.3 Å². The van der Waals surface area contributed by atoms with Crippen molar-refractivity contribution in [2.45, 2.75) is 37.9 Å². The van der Waals surface area contributed by atoms with E-state index in [1.807, 2.05) is 5.51 Å². The average Bonchev–Trinajstić information content (AvgIpc) is 2.74. The summed E-state index contributed by atoms with van der Waals surface area (Å²) in [5.74, 6) is 0. The van der Waals surface area contributed by atoms with Crippen molar-refractivity contribution in [3.8, 4) is 0 Å². The summed E-state index contributed by atoms with van der Waals surface area (Å²) in [6, 6.07) is 1.57. The fraction of sp³-hybridized carbons (Fsp3) is 0.727. The predicted octanol–water partition coefficient (Wildman–Crippen LogP) is 1.47. The third-order valence-electron chi connectivity index (χ3n) is 3.19. The molecule has 0 spiro atoms. The van der Waals surface area contributed by atoms with E-state index < -0.39 is 0 Å². The van der Waals surface area contributed by atoms with Crippen LogP contribution in [-0.4, -0.2) is 35.1 Å². The highest BCUT2D eigenvalue weighted by atomic mass is 32.1. The third-order valence-corrected chi connectivity index (χ3v) is 3.83. The number of aromatic nitrogens is 1. The van der Waals surface area contributed by atoms with E-state index in [4.69, 9.17) is 0 Å². The fourth-order valence-electron chi connectivity index (χ4n) is 2.24. The van der Waals surface area contributed by atoms with Crippen molar-refractivity contribution in [3.05, 3.63) is 16.6 Å². The fourth-order valence-corrected chi connectivity index (χ4v) is 2.79. The second kappa shape index (κ2) is 4.20. The lowest BCUT2D eigenvalue weighted by molar-refractivity contribution is 0.316. The van der Waals surface area contributed by atoms with E-state index >= 15 is 0 Å². The largest absolute Gasteiger partial charge is 0.310 e. The minimum absolute atomic E-state index is 0.733. The Morgan fingerprint density at radius 3 is 3.07 bits per heavy atom. The highest BCUT2D eigenvalue weighted by Crippen LogP contribution is 2.22. The van der Waals surface area contributed by atoms with Gasteiger partial charge >= 0.3 is 0 Å². The highest BCUT2D eigenvalue weighted by molar-refractivity contribution is 7.07. The molecule has 0 amide bonds. The predicted molar refractivity (Wildman–Crippen MR) is 62.0 cm³/mol. The molecular weight excluding hydrogens is 206 g/mol. The van der Waals surface area contributed by atoms with Gasteiger partial charge in [0.15, 0.2) is 0 Å². The first-order valence-electron chi connectivity index (χ1n) is 5.75. The van der Waals surface area contributed by atoms with Crippen molar-refractivity contribution in [1.29, 1.82) is 0 Å². The molecular formula is C11H17N3S. The number of nitrogens with zero attached hydrogens (tertiary/aromatic N) is 2. The van der Waals surface area contributed by atoms with Gasteiger partial charge in [-0.25, -0.2) is 4.98 Å².